The van der Waals surface area contributed by atoms with Crippen molar-refractivity contribution in [3.05, 3.63) is 51.7 Å². The maximum absolute atomic E-state index is 14.0. The molecule has 0 saturated carbocycles. The van der Waals surface area contributed by atoms with Crippen LogP contribution in [0.15, 0.2) is 29.1 Å². The number of carbonyl (C=O) groups excluding carboxylic acids is 1. The van der Waals surface area contributed by atoms with Gasteiger partial charge >= 0.3 is 6.03 Å². The molecule has 0 spiro atoms. The van der Waals surface area contributed by atoms with Crippen molar-refractivity contribution in [2.45, 2.75) is 32.4 Å². The minimum Gasteiger partial charge on any atom is -0.331 e. The van der Waals surface area contributed by atoms with Crippen LogP contribution in [-0.2, 0) is 13.0 Å². The highest BCUT2D eigenvalue weighted by molar-refractivity contribution is 7.07. The molecule has 1 heterocycles. The van der Waals surface area contributed by atoms with Gasteiger partial charge in [0.15, 0.2) is 0 Å². The largest absolute Gasteiger partial charge is 0.331 e. The number of rotatable bonds is 3. The van der Waals surface area contributed by atoms with Gasteiger partial charge in [-0.15, -0.1) is 11.3 Å². The van der Waals surface area contributed by atoms with Crippen LogP contribution in [0.2, 0.25) is 0 Å². The summed E-state index contributed by atoms with van der Waals surface area (Å²) >= 11 is 1.51. The summed E-state index contributed by atoms with van der Waals surface area (Å²) in [4.78, 5) is 18.3. The van der Waals surface area contributed by atoms with Crippen LogP contribution in [0.3, 0.4) is 0 Å². The minimum absolute atomic E-state index is 0.153. The van der Waals surface area contributed by atoms with Gasteiger partial charge in [-0.3, -0.25) is 0 Å². The van der Waals surface area contributed by atoms with Gasteiger partial charge in [0.2, 0.25) is 0 Å². The second kappa shape index (κ2) is 6.66. The van der Waals surface area contributed by atoms with E-state index in [4.69, 9.17) is 0 Å². The van der Waals surface area contributed by atoms with Crippen molar-refractivity contribution >= 4 is 17.4 Å². The summed E-state index contributed by atoms with van der Waals surface area (Å²) < 4.78 is 14.0. The Morgan fingerprint density at radius 1 is 1.52 bits per heavy atom. The fourth-order valence-corrected chi connectivity index (χ4v) is 3.62. The van der Waals surface area contributed by atoms with Gasteiger partial charge in [-0.2, -0.15) is 0 Å². The lowest BCUT2D eigenvalue weighted by atomic mass is 9.80. The number of hydrogen-bond donors (Lipinski definition) is 1. The van der Waals surface area contributed by atoms with E-state index in [0.29, 0.717) is 6.54 Å². The molecule has 1 aliphatic carbocycles. The predicted octanol–water partition coefficient (Wildman–Crippen LogP) is 3.75. The summed E-state index contributed by atoms with van der Waals surface area (Å²) in [5, 5.41) is 4.99. The Balaban J connectivity index is 1.74. The summed E-state index contributed by atoms with van der Waals surface area (Å²) in [6.45, 7) is 2.56. The number of thiazole rings is 1. The van der Waals surface area contributed by atoms with Gasteiger partial charge in [-0.25, -0.2) is 14.2 Å². The molecule has 23 heavy (non-hydrogen) atoms. The second-order valence-electron chi connectivity index (χ2n) is 6.09. The first-order chi connectivity index (χ1) is 11.1. The van der Waals surface area contributed by atoms with Crippen LogP contribution in [0, 0.1) is 11.7 Å². The number of nitrogens with one attached hydrogen (secondary N) is 1. The average Bonchev–Trinajstić information content (AvgIpc) is 3.03. The highest BCUT2D eigenvalue weighted by Crippen LogP contribution is 2.35. The molecule has 2 aromatic rings. The predicted molar refractivity (Wildman–Crippen MR) is 88.7 cm³/mol. The molecule has 2 amide bonds. The number of urea groups is 1. The van der Waals surface area contributed by atoms with Crippen LogP contribution >= 0.6 is 11.3 Å². The number of halogens is 1. The fourth-order valence-electron chi connectivity index (χ4n) is 3.07. The third-order valence-corrected chi connectivity index (χ3v) is 5.05. The first-order valence-corrected chi connectivity index (χ1v) is 8.66. The zero-order chi connectivity index (χ0) is 16.4. The Hall–Kier alpha value is -1.95. The van der Waals surface area contributed by atoms with Crippen LogP contribution in [0.4, 0.5) is 9.18 Å². The van der Waals surface area contributed by atoms with Gasteiger partial charge in [-0.05, 0) is 36.0 Å². The Labute approximate surface area is 139 Å². The maximum atomic E-state index is 14.0. The molecule has 4 nitrogen and oxygen atoms in total. The lowest BCUT2D eigenvalue weighted by Gasteiger charge is -2.33. The zero-order valence-electron chi connectivity index (χ0n) is 13.3. The summed E-state index contributed by atoms with van der Waals surface area (Å²) in [6, 6.07) is 4.80. The van der Waals surface area contributed by atoms with E-state index in [9.17, 15) is 9.18 Å². The molecule has 2 atom stereocenters. The Morgan fingerprint density at radius 3 is 3.09 bits per heavy atom. The van der Waals surface area contributed by atoms with Gasteiger partial charge in [0.1, 0.15) is 5.82 Å². The highest BCUT2D eigenvalue weighted by atomic mass is 32.1. The molecular formula is C17H20FN3OS. The molecule has 1 aromatic heterocycles. The number of carbonyl (C=O) groups is 1. The number of benzene rings is 1. The number of amides is 2. The third-order valence-electron chi connectivity index (χ3n) is 4.42. The van der Waals surface area contributed by atoms with E-state index in [1.54, 1.807) is 23.5 Å². The molecular weight excluding hydrogens is 313 g/mol. The molecule has 0 bridgehead atoms. The van der Waals surface area contributed by atoms with Crippen molar-refractivity contribution in [2.24, 2.45) is 5.92 Å². The summed E-state index contributed by atoms with van der Waals surface area (Å²) in [5.74, 6) is 0.102. The van der Waals surface area contributed by atoms with E-state index < -0.39 is 0 Å². The van der Waals surface area contributed by atoms with Crippen molar-refractivity contribution < 1.29 is 9.18 Å². The SMILES string of the molecule is C[C@H]1CCc2c(F)cccc2[C@@H]1NC(=O)N(C)Cc1cscn1. The number of nitrogens with zero attached hydrogens (tertiary/aromatic N) is 2. The molecule has 6 heteroatoms. The van der Waals surface area contributed by atoms with E-state index in [0.717, 1.165) is 29.7 Å². The van der Waals surface area contributed by atoms with Crippen molar-refractivity contribution in [1.29, 1.82) is 0 Å². The molecule has 0 saturated heterocycles. The van der Waals surface area contributed by atoms with Crippen LogP contribution in [0.5, 0.6) is 0 Å². The Morgan fingerprint density at radius 2 is 2.35 bits per heavy atom. The van der Waals surface area contributed by atoms with Crippen LogP contribution in [-0.4, -0.2) is 23.0 Å². The molecule has 1 N–H and O–H groups in total. The second-order valence-corrected chi connectivity index (χ2v) is 6.81. The van der Waals surface area contributed by atoms with Gasteiger partial charge in [0.25, 0.3) is 0 Å². The van der Waals surface area contributed by atoms with Crippen molar-refractivity contribution in [3.63, 3.8) is 0 Å². The smallest absolute Gasteiger partial charge is 0.317 e. The quantitative estimate of drug-likeness (QED) is 0.930. The molecule has 0 unspecified atom stereocenters. The van der Waals surface area contributed by atoms with E-state index in [1.807, 2.05) is 11.4 Å². The number of hydrogen-bond acceptors (Lipinski definition) is 3. The van der Waals surface area contributed by atoms with Gasteiger partial charge < -0.3 is 10.2 Å². The third kappa shape index (κ3) is 3.37. The molecule has 3 rings (SSSR count). The number of fused-ring (bicyclic) bond motifs is 1. The summed E-state index contributed by atoms with van der Waals surface area (Å²) in [7, 11) is 1.74. The van der Waals surface area contributed by atoms with Gasteiger partial charge in [-0.1, -0.05) is 19.1 Å². The topological polar surface area (TPSA) is 45.2 Å². The molecule has 122 valence electrons. The molecule has 0 radical (unpaired) electrons. The van der Waals surface area contributed by atoms with Crippen LogP contribution in [0.1, 0.15) is 36.2 Å². The van der Waals surface area contributed by atoms with E-state index in [2.05, 4.69) is 17.2 Å². The lowest BCUT2D eigenvalue weighted by Crippen LogP contribution is -2.42. The Kier molecular flexibility index (Phi) is 4.61. The molecule has 0 aliphatic heterocycles. The van der Waals surface area contributed by atoms with Gasteiger partial charge in [0.05, 0.1) is 23.8 Å². The summed E-state index contributed by atoms with van der Waals surface area (Å²) in [6.07, 6.45) is 1.60. The first kappa shape index (κ1) is 15.9. The van der Waals surface area contributed by atoms with E-state index in [-0.39, 0.29) is 23.8 Å². The minimum atomic E-state index is -0.176. The average molecular weight is 333 g/mol. The van der Waals surface area contributed by atoms with E-state index in [1.165, 1.54) is 17.4 Å². The molecule has 1 aliphatic rings. The zero-order valence-corrected chi connectivity index (χ0v) is 14.1. The van der Waals surface area contributed by atoms with E-state index >= 15 is 0 Å². The van der Waals surface area contributed by atoms with Crippen LogP contribution < -0.4 is 5.32 Å². The highest BCUT2D eigenvalue weighted by Gasteiger charge is 2.30. The van der Waals surface area contributed by atoms with Crippen molar-refractivity contribution in [2.75, 3.05) is 7.05 Å². The first-order valence-electron chi connectivity index (χ1n) is 7.72. The summed E-state index contributed by atoms with van der Waals surface area (Å²) in [5.41, 5.74) is 4.26. The molecule has 1 aromatic carbocycles. The fraction of sp³-hybridized carbons (Fsp3) is 0.412. The lowest BCUT2D eigenvalue weighted by molar-refractivity contribution is 0.195. The normalized spacial score (nSPS) is 20.0. The standard InChI is InChI=1S/C17H20FN3OS/c1-11-6-7-13-14(4-3-5-15(13)18)16(11)20-17(22)21(2)8-12-9-23-10-19-12/h3-5,9-11,16H,6-8H2,1-2H3,(H,20,22)/t11-,16+/m0/s1. The maximum Gasteiger partial charge on any atom is 0.317 e. The monoisotopic (exact) mass is 333 g/mol. The van der Waals surface area contributed by atoms with Crippen molar-refractivity contribution in [1.82, 2.24) is 15.2 Å². The van der Waals surface area contributed by atoms with Crippen LogP contribution in [0.25, 0.3) is 0 Å². The molecule has 0 fully saturated rings. The number of aromatic nitrogens is 1. The Bertz CT molecular complexity index is 689. The van der Waals surface area contributed by atoms with Crippen molar-refractivity contribution in [3.8, 4) is 0 Å². The van der Waals surface area contributed by atoms with Gasteiger partial charge in [0, 0.05) is 12.4 Å².